The maximum atomic E-state index is 6.20. The minimum Gasteiger partial charge on any atom is -0.475 e. The summed E-state index contributed by atoms with van der Waals surface area (Å²) in [5.41, 5.74) is 9.96. The van der Waals surface area contributed by atoms with Crippen molar-refractivity contribution >= 4 is 45.6 Å². The number of hydrogen-bond acceptors (Lipinski definition) is 5. The molecule has 4 N–H and O–H groups in total. The molecule has 4 rings (SSSR count). The first-order valence-electron chi connectivity index (χ1n) is 11.5. The Morgan fingerprint density at radius 2 is 1.86 bits per heavy atom. The van der Waals surface area contributed by atoms with Crippen LogP contribution in [0.2, 0.25) is 10.0 Å². The fourth-order valence-corrected chi connectivity index (χ4v) is 4.46. The van der Waals surface area contributed by atoms with Crippen molar-refractivity contribution < 1.29 is 4.74 Å². The lowest BCUT2D eigenvalue weighted by atomic mass is 10.1. The summed E-state index contributed by atoms with van der Waals surface area (Å²) >= 11 is 13.6. The summed E-state index contributed by atoms with van der Waals surface area (Å²) in [6.45, 7) is 3.19. The molecular formula is C27H27Cl2N5OS. The molecule has 3 aromatic carbocycles. The molecule has 0 fully saturated rings. The molecule has 0 saturated carbocycles. The monoisotopic (exact) mass is 539 g/mol. The molecule has 0 radical (unpaired) electrons. The number of halogens is 2. The van der Waals surface area contributed by atoms with E-state index in [4.69, 9.17) is 33.7 Å². The molecule has 0 amide bonds. The minimum atomic E-state index is -0.164. The molecule has 0 aliphatic heterocycles. The fourth-order valence-electron chi connectivity index (χ4n) is 3.42. The van der Waals surface area contributed by atoms with Gasteiger partial charge in [0.2, 0.25) is 0 Å². The topological polar surface area (TPSA) is 84.6 Å². The predicted octanol–water partition coefficient (Wildman–Crippen LogP) is 6.95. The molecule has 0 spiro atoms. The summed E-state index contributed by atoms with van der Waals surface area (Å²) in [7, 11) is 0. The number of rotatable bonds is 10. The molecule has 1 atom stereocenters. The molecule has 0 aliphatic rings. The number of aliphatic imine (C=N–C) groups is 1. The second-order valence-corrected chi connectivity index (χ2v) is 9.69. The zero-order chi connectivity index (χ0) is 25.3. The Morgan fingerprint density at radius 1 is 1.03 bits per heavy atom. The standard InChI is InChI=1S/C27H27Cl2N5OS/c1-2-25(31-16-19-11-12-22(28)23(29)13-19)35-21-10-6-9-20(14-21)24-17-36-27(33-24)34-26(30)32-15-18-7-4-3-5-8-18/h3-14,17,25,31H,2,15-16H2,1H3,(H3,30,32,33,34). The maximum Gasteiger partial charge on any atom is 0.195 e. The molecule has 1 heterocycles. The van der Waals surface area contributed by atoms with Crippen LogP contribution in [-0.2, 0) is 13.1 Å². The summed E-state index contributed by atoms with van der Waals surface area (Å²) in [5, 5.41) is 10.2. The van der Waals surface area contributed by atoms with E-state index in [9.17, 15) is 0 Å². The van der Waals surface area contributed by atoms with Gasteiger partial charge in [0.05, 0.1) is 22.3 Å². The number of ether oxygens (including phenoxy) is 1. The van der Waals surface area contributed by atoms with Gasteiger partial charge in [0.15, 0.2) is 11.1 Å². The van der Waals surface area contributed by atoms with Gasteiger partial charge in [0.25, 0.3) is 0 Å². The number of benzene rings is 3. The average molecular weight is 541 g/mol. The second-order valence-electron chi connectivity index (χ2n) is 8.02. The Labute approximate surface area is 225 Å². The molecule has 0 saturated heterocycles. The first-order chi connectivity index (χ1) is 17.5. The number of nitrogens with zero attached hydrogens (tertiary/aromatic N) is 2. The van der Waals surface area contributed by atoms with Gasteiger partial charge in [-0.25, -0.2) is 9.98 Å². The summed E-state index contributed by atoms with van der Waals surface area (Å²) in [6.07, 6.45) is 0.626. The van der Waals surface area contributed by atoms with Crippen LogP contribution >= 0.6 is 34.5 Å². The number of anilines is 1. The number of nitrogens with one attached hydrogen (secondary N) is 2. The third-order valence-electron chi connectivity index (χ3n) is 5.31. The van der Waals surface area contributed by atoms with Crippen molar-refractivity contribution in [3.8, 4) is 17.0 Å². The van der Waals surface area contributed by atoms with E-state index in [1.807, 2.05) is 72.1 Å². The maximum absolute atomic E-state index is 6.20. The normalized spacial score (nSPS) is 12.4. The van der Waals surface area contributed by atoms with Crippen LogP contribution in [0.4, 0.5) is 5.13 Å². The Balaban J connectivity index is 1.35. The van der Waals surface area contributed by atoms with E-state index in [1.54, 1.807) is 6.07 Å². The van der Waals surface area contributed by atoms with Gasteiger partial charge in [-0.1, -0.05) is 78.7 Å². The van der Waals surface area contributed by atoms with Crippen LogP contribution in [0, 0.1) is 0 Å². The molecule has 186 valence electrons. The van der Waals surface area contributed by atoms with Crippen molar-refractivity contribution in [1.29, 1.82) is 0 Å². The predicted molar refractivity (Wildman–Crippen MR) is 151 cm³/mol. The fraction of sp³-hybridized carbons (Fsp3) is 0.185. The number of nitrogens with two attached hydrogens (primary N) is 1. The third kappa shape index (κ3) is 7.45. The van der Waals surface area contributed by atoms with Crippen molar-refractivity contribution in [3.05, 3.63) is 99.3 Å². The highest BCUT2D eigenvalue weighted by Crippen LogP contribution is 2.28. The van der Waals surface area contributed by atoms with Gasteiger partial charge in [-0.2, -0.15) is 0 Å². The van der Waals surface area contributed by atoms with Crippen molar-refractivity contribution in [1.82, 2.24) is 10.3 Å². The average Bonchev–Trinajstić information content (AvgIpc) is 3.36. The smallest absolute Gasteiger partial charge is 0.195 e. The third-order valence-corrected chi connectivity index (χ3v) is 6.81. The Bertz CT molecular complexity index is 1310. The van der Waals surface area contributed by atoms with Gasteiger partial charge in [0, 0.05) is 17.5 Å². The van der Waals surface area contributed by atoms with Crippen molar-refractivity contribution in [2.45, 2.75) is 32.7 Å². The zero-order valence-corrected chi connectivity index (χ0v) is 22.1. The van der Waals surface area contributed by atoms with Gasteiger partial charge < -0.3 is 15.8 Å². The van der Waals surface area contributed by atoms with Crippen LogP contribution in [0.3, 0.4) is 0 Å². The van der Waals surface area contributed by atoms with Gasteiger partial charge in [-0.3, -0.25) is 5.32 Å². The van der Waals surface area contributed by atoms with Gasteiger partial charge in [-0.15, -0.1) is 11.3 Å². The molecule has 6 nitrogen and oxygen atoms in total. The van der Waals surface area contributed by atoms with Gasteiger partial charge in [-0.05, 0) is 41.8 Å². The van der Waals surface area contributed by atoms with E-state index < -0.39 is 0 Å². The lowest BCUT2D eigenvalue weighted by Gasteiger charge is -2.19. The number of thiazole rings is 1. The SMILES string of the molecule is CCC(NCc1ccc(Cl)c(Cl)c1)Oc1cccc(-c2csc(NC(N)=NCc3ccccc3)n2)c1. The van der Waals surface area contributed by atoms with E-state index in [0.717, 1.165) is 34.6 Å². The Hall–Kier alpha value is -3.10. The number of guanidine groups is 1. The van der Waals surface area contributed by atoms with E-state index in [-0.39, 0.29) is 6.23 Å². The van der Waals surface area contributed by atoms with E-state index >= 15 is 0 Å². The largest absolute Gasteiger partial charge is 0.475 e. The second kappa shape index (κ2) is 12.7. The summed E-state index contributed by atoms with van der Waals surface area (Å²) < 4.78 is 6.20. The van der Waals surface area contributed by atoms with E-state index in [2.05, 4.69) is 27.5 Å². The van der Waals surface area contributed by atoms with Crippen LogP contribution < -0.4 is 21.1 Å². The van der Waals surface area contributed by atoms with Crippen molar-refractivity contribution in [2.24, 2.45) is 10.7 Å². The molecule has 0 aliphatic carbocycles. The highest BCUT2D eigenvalue weighted by molar-refractivity contribution is 7.14. The molecule has 36 heavy (non-hydrogen) atoms. The highest BCUT2D eigenvalue weighted by atomic mass is 35.5. The molecule has 1 unspecified atom stereocenters. The quantitative estimate of drug-likeness (QED) is 0.115. The first-order valence-corrected chi connectivity index (χ1v) is 13.1. The highest BCUT2D eigenvalue weighted by Gasteiger charge is 2.11. The van der Waals surface area contributed by atoms with Crippen LogP contribution in [0.25, 0.3) is 11.3 Å². The van der Waals surface area contributed by atoms with Crippen LogP contribution in [-0.4, -0.2) is 17.2 Å². The van der Waals surface area contributed by atoms with Crippen LogP contribution in [0.5, 0.6) is 5.75 Å². The van der Waals surface area contributed by atoms with E-state index in [0.29, 0.717) is 34.2 Å². The Morgan fingerprint density at radius 3 is 2.64 bits per heavy atom. The Kier molecular flexibility index (Phi) is 9.19. The van der Waals surface area contributed by atoms with Crippen molar-refractivity contribution in [2.75, 3.05) is 5.32 Å². The first kappa shape index (κ1) is 26.0. The lowest BCUT2D eigenvalue weighted by molar-refractivity contribution is 0.157. The molecule has 4 aromatic rings. The summed E-state index contributed by atoms with van der Waals surface area (Å²) in [6, 6.07) is 23.4. The minimum absolute atomic E-state index is 0.164. The molecule has 1 aromatic heterocycles. The molecule has 9 heteroatoms. The molecule has 0 bridgehead atoms. The number of aromatic nitrogens is 1. The summed E-state index contributed by atoms with van der Waals surface area (Å²) in [4.78, 5) is 9.04. The van der Waals surface area contributed by atoms with Crippen molar-refractivity contribution in [3.63, 3.8) is 0 Å². The van der Waals surface area contributed by atoms with Gasteiger partial charge >= 0.3 is 0 Å². The van der Waals surface area contributed by atoms with E-state index in [1.165, 1.54) is 11.3 Å². The molecular weight excluding hydrogens is 513 g/mol. The zero-order valence-electron chi connectivity index (χ0n) is 19.7. The number of hydrogen-bond donors (Lipinski definition) is 3. The lowest BCUT2D eigenvalue weighted by Crippen LogP contribution is -2.33. The summed E-state index contributed by atoms with van der Waals surface area (Å²) in [5.74, 6) is 1.09. The van der Waals surface area contributed by atoms with Crippen LogP contribution in [0.1, 0.15) is 24.5 Å². The van der Waals surface area contributed by atoms with Gasteiger partial charge in [0.1, 0.15) is 12.0 Å². The van der Waals surface area contributed by atoms with Crippen LogP contribution in [0.15, 0.2) is 83.2 Å².